The number of piperazine rings is 1. The van der Waals surface area contributed by atoms with E-state index < -0.39 is 11.8 Å². The van der Waals surface area contributed by atoms with E-state index in [2.05, 4.69) is 12.2 Å². The number of piperidine rings is 1. The highest BCUT2D eigenvalue weighted by Gasteiger charge is 2.36. The third-order valence-corrected chi connectivity index (χ3v) is 5.51. The molecule has 0 aliphatic carbocycles. The van der Waals surface area contributed by atoms with E-state index in [0.717, 1.165) is 25.7 Å². The molecular weight excluding hydrogens is 348 g/mol. The second kappa shape index (κ2) is 9.71. The number of rotatable bonds is 7. The summed E-state index contributed by atoms with van der Waals surface area (Å²) in [6, 6.07) is 0.0277. The van der Waals surface area contributed by atoms with Gasteiger partial charge in [-0.25, -0.2) is 0 Å². The first-order valence-electron chi connectivity index (χ1n) is 10.0. The molecule has 2 aliphatic heterocycles. The minimum absolute atomic E-state index is 0.00374. The zero-order chi connectivity index (χ0) is 20.0. The Balaban J connectivity index is 1.93. The molecule has 0 saturated carbocycles. The standard InChI is InChI=1S/C19H32N4O4/c1-4-6-9-20-17(25)15-8-7-14(3)23(12-15)16(24)13-22-11-10-21(5-2)18(26)19(22)27/h14-15H,4-13H2,1-3H3,(H,20,25). The second-order valence-corrected chi connectivity index (χ2v) is 7.43. The maximum Gasteiger partial charge on any atom is 0.312 e. The van der Waals surface area contributed by atoms with E-state index in [1.165, 1.54) is 9.80 Å². The van der Waals surface area contributed by atoms with Crippen LogP contribution in [0.4, 0.5) is 0 Å². The first-order valence-corrected chi connectivity index (χ1v) is 10.0. The van der Waals surface area contributed by atoms with Gasteiger partial charge in [0.15, 0.2) is 0 Å². The number of carbonyl (C=O) groups excluding carboxylic acids is 4. The molecule has 2 heterocycles. The molecule has 27 heavy (non-hydrogen) atoms. The zero-order valence-corrected chi connectivity index (χ0v) is 16.7. The Bertz CT molecular complexity index is 580. The van der Waals surface area contributed by atoms with Crippen LogP contribution in [0.3, 0.4) is 0 Å². The topological polar surface area (TPSA) is 90.0 Å². The van der Waals surface area contributed by atoms with Crippen molar-refractivity contribution in [2.24, 2.45) is 5.92 Å². The van der Waals surface area contributed by atoms with Crippen LogP contribution in [0.25, 0.3) is 0 Å². The Kier molecular flexibility index (Phi) is 7.62. The molecule has 4 amide bonds. The summed E-state index contributed by atoms with van der Waals surface area (Å²) >= 11 is 0. The maximum atomic E-state index is 12.8. The maximum absolute atomic E-state index is 12.8. The van der Waals surface area contributed by atoms with Gasteiger partial charge in [0.05, 0.1) is 5.92 Å². The molecule has 2 atom stereocenters. The first-order chi connectivity index (χ1) is 12.9. The minimum atomic E-state index is -0.616. The van der Waals surface area contributed by atoms with Crippen molar-refractivity contribution in [2.75, 3.05) is 39.3 Å². The van der Waals surface area contributed by atoms with E-state index in [4.69, 9.17) is 0 Å². The summed E-state index contributed by atoms with van der Waals surface area (Å²) in [4.78, 5) is 53.9. The van der Waals surface area contributed by atoms with Crippen LogP contribution in [0.15, 0.2) is 0 Å². The summed E-state index contributed by atoms with van der Waals surface area (Å²) in [6.45, 7) is 8.10. The number of nitrogens with zero attached hydrogens (tertiary/aromatic N) is 3. The van der Waals surface area contributed by atoms with Crippen LogP contribution in [-0.2, 0) is 19.2 Å². The molecule has 0 aromatic heterocycles. The summed E-state index contributed by atoms with van der Waals surface area (Å²) in [5.41, 5.74) is 0. The lowest BCUT2D eigenvalue weighted by molar-refractivity contribution is -0.158. The van der Waals surface area contributed by atoms with Crippen molar-refractivity contribution in [1.82, 2.24) is 20.0 Å². The molecule has 0 radical (unpaired) electrons. The van der Waals surface area contributed by atoms with Crippen molar-refractivity contribution in [3.8, 4) is 0 Å². The molecule has 8 heteroatoms. The number of hydrogen-bond donors (Lipinski definition) is 1. The number of amides is 4. The molecule has 2 rings (SSSR count). The monoisotopic (exact) mass is 380 g/mol. The first kappa shape index (κ1) is 21.2. The van der Waals surface area contributed by atoms with Crippen molar-refractivity contribution in [3.63, 3.8) is 0 Å². The minimum Gasteiger partial charge on any atom is -0.356 e. The molecule has 2 unspecified atom stereocenters. The van der Waals surface area contributed by atoms with Crippen LogP contribution < -0.4 is 5.32 Å². The highest BCUT2D eigenvalue weighted by molar-refractivity contribution is 6.35. The molecule has 2 aliphatic rings. The van der Waals surface area contributed by atoms with Gasteiger partial charge in [-0.2, -0.15) is 0 Å². The lowest BCUT2D eigenvalue weighted by Crippen LogP contribution is -2.58. The smallest absolute Gasteiger partial charge is 0.312 e. The number of carbonyl (C=O) groups is 4. The predicted molar refractivity (Wildman–Crippen MR) is 101 cm³/mol. The van der Waals surface area contributed by atoms with Gasteiger partial charge in [0.1, 0.15) is 6.54 Å². The van der Waals surface area contributed by atoms with Crippen LogP contribution in [-0.4, -0.2) is 83.6 Å². The normalized spacial score (nSPS) is 23.6. The molecule has 0 aromatic carbocycles. The Morgan fingerprint density at radius 3 is 2.41 bits per heavy atom. The number of likely N-dealkylation sites (N-methyl/N-ethyl adjacent to an activating group) is 1. The van der Waals surface area contributed by atoms with Gasteiger partial charge >= 0.3 is 11.8 Å². The SMILES string of the molecule is CCCCNC(=O)C1CCC(C)N(C(=O)CN2CCN(CC)C(=O)C2=O)C1. The van der Waals surface area contributed by atoms with E-state index in [9.17, 15) is 19.2 Å². The lowest BCUT2D eigenvalue weighted by atomic mass is 9.92. The van der Waals surface area contributed by atoms with Crippen LogP contribution in [0.5, 0.6) is 0 Å². The van der Waals surface area contributed by atoms with Gasteiger partial charge in [0.25, 0.3) is 0 Å². The van der Waals surface area contributed by atoms with Crippen LogP contribution in [0, 0.1) is 5.92 Å². The van der Waals surface area contributed by atoms with Crippen LogP contribution in [0.2, 0.25) is 0 Å². The number of hydrogen-bond acceptors (Lipinski definition) is 4. The second-order valence-electron chi connectivity index (χ2n) is 7.43. The molecule has 0 spiro atoms. The highest BCUT2D eigenvalue weighted by atomic mass is 16.2. The van der Waals surface area contributed by atoms with Gasteiger partial charge in [-0.15, -0.1) is 0 Å². The molecule has 0 aromatic rings. The van der Waals surface area contributed by atoms with Gasteiger partial charge in [-0.1, -0.05) is 13.3 Å². The quantitative estimate of drug-likeness (QED) is 0.505. The largest absolute Gasteiger partial charge is 0.356 e. The fraction of sp³-hybridized carbons (Fsp3) is 0.789. The number of nitrogens with one attached hydrogen (secondary N) is 1. The van der Waals surface area contributed by atoms with Gasteiger partial charge in [0.2, 0.25) is 11.8 Å². The summed E-state index contributed by atoms with van der Waals surface area (Å²) in [7, 11) is 0. The molecule has 0 bridgehead atoms. The van der Waals surface area contributed by atoms with Crippen molar-refractivity contribution >= 4 is 23.6 Å². The average molecular weight is 380 g/mol. The average Bonchev–Trinajstić information content (AvgIpc) is 2.66. The molecule has 2 saturated heterocycles. The van der Waals surface area contributed by atoms with Crippen molar-refractivity contribution in [2.45, 2.75) is 52.5 Å². The van der Waals surface area contributed by atoms with Crippen LogP contribution in [0.1, 0.15) is 46.5 Å². The van der Waals surface area contributed by atoms with Crippen molar-refractivity contribution < 1.29 is 19.2 Å². The van der Waals surface area contributed by atoms with E-state index >= 15 is 0 Å². The summed E-state index contributed by atoms with van der Waals surface area (Å²) in [6.07, 6.45) is 3.48. The van der Waals surface area contributed by atoms with E-state index in [-0.39, 0.29) is 30.3 Å². The predicted octanol–water partition coefficient (Wildman–Crippen LogP) is 0.221. The summed E-state index contributed by atoms with van der Waals surface area (Å²) in [5, 5.41) is 2.94. The van der Waals surface area contributed by atoms with E-state index in [0.29, 0.717) is 32.7 Å². The zero-order valence-electron chi connectivity index (χ0n) is 16.7. The Morgan fingerprint density at radius 2 is 1.74 bits per heavy atom. The number of likely N-dealkylation sites (tertiary alicyclic amines) is 1. The Morgan fingerprint density at radius 1 is 1.07 bits per heavy atom. The molecule has 152 valence electrons. The Hall–Kier alpha value is -2.12. The van der Waals surface area contributed by atoms with Crippen LogP contribution >= 0.6 is 0 Å². The molecule has 8 nitrogen and oxygen atoms in total. The molecular formula is C19H32N4O4. The fourth-order valence-electron chi connectivity index (χ4n) is 3.62. The van der Waals surface area contributed by atoms with Crippen molar-refractivity contribution in [3.05, 3.63) is 0 Å². The lowest BCUT2D eigenvalue weighted by Gasteiger charge is -2.39. The molecule has 2 fully saturated rings. The van der Waals surface area contributed by atoms with Crippen molar-refractivity contribution in [1.29, 1.82) is 0 Å². The summed E-state index contributed by atoms with van der Waals surface area (Å²) in [5.74, 6) is -1.57. The fourth-order valence-corrected chi connectivity index (χ4v) is 3.62. The van der Waals surface area contributed by atoms with E-state index in [1.807, 2.05) is 13.8 Å². The van der Waals surface area contributed by atoms with Gasteiger partial charge in [-0.05, 0) is 33.1 Å². The van der Waals surface area contributed by atoms with Gasteiger partial charge in [0, 0.05) is 38.8 Å². The van der Waals surface area contributed by atoms with Gasteiger partial charge in [-0.3, -0.25) is 19.2 Å². The third-order valence-electron chi connectivity index (χ3n) is 5.51. The third kappa shape index (κ3) is 5.20. The number of unbranched alkanes of at least 4 members (excludes halogenated alkanes) is 1. The van der Waals surface area contributed by atoms with E-state index in [1.54, 1.807) is 4.90 Å². The Labute approximate surface area is 161 Å². The molecule has 1 N–H and O–H groups in total. The highest BCUT2D eigenvalue weighted by Crippen LogP contribution is 2.22. The summed E-state index contributed by atoms with van der Waals surface area (Å²) < 4.78 is 0. The van der Waals surface area contributed by atoms with Gasteiger partial charge < -0.3 is 20.0 Å².